The van der Waals surface area contributed by atoms with E-state index in [1.807, 2.05) is 0 Å². The molecule has 4 heteroatoms. The van der Waals surface area contributed by atoms with E-state index in [2.05, 4.69) is 22.5 Å². The van der Waals surface area contributed by atoms with Crippen LogP contribution in [0, 0.1) is 0 Å². The van der Waals surface area contributed by atoms with Gasteiger partial charge < -0.3 is 5.11 Å². The first-order valence-electron chi connectivity index (χ1n) is 1.22. The van der Waals surface area contributed by atoms with Crippen LogP contribution in [0.3, 0.4) is 0 Å². The summed E-state index contributed by atoms with van der Waals surface area (Å²) in [7, 11) is 0. The van der Waals surface area contributed by atoms with Crippen LogP contribution in [-0.2, 0) is 4.79 Å². The van der Waals surface area contributed by atoms with Crippen molar-refractivity contribution in [2.75, 3.05) is 0 Å². The van der Waals surface area contributed by atoms with E-state index in [1.54, 1.807) is 0 Å². The Morgan fingerprint density at radius 3 is 1.86 bits per heavy atom. The summed E-state index contributed by atoms with van der Waals surface area (Å²) >= 11 is 2.64. The number of halogens is 2. The van der Waals surface area contributed by atoms with Crippen LogP contribution in [0.15, 0.2) is 11.1 Å². The van der Waals surface area contributed by atoms with Crippen molar-refractivity contribution in [2.24, 2.45) is 0 Å². The average molecular weight is 232 g/mol. The van der Waals surface area contributed by atoms with Gasteiger partial charge in [0.2, 0.25) is 0 Å². The molecular weight excluding hydrogens is 228 g/mol. The van der Waals surface area contributed by atoms with Gasteiger partial charge in [-0.15, -0.1) is 17.0 Å². The molecular formula is C3H4Br2O2. The van der Waals surface area contributed by atoms with Crippen LogP contribution in [0.5, 0.6) is 0 Å². The van der Waals surface area contributed by atoms with E-state index in [9.17, 15) is 4.79 Å². The highest BCUT2D eigenvalue weighted by atomic mass is 79.9. The number of carboxylic acid groups (broad SMARTS) is 1. The minimum atomic E-state index is -1.02. The fourth-order valence-electron chi connectivity index (χ4n) is 0. The van der Waals surface area contributed by atoms with Crippen LogP contribution in [0.1, 0.15) is 0 Å². The van der Waals surface area contributed by atoms with Gasteiger partial charge in [-0.1, -0.05) is 6.58 Å². The monoisotopic (exact) mass is 230 g/mol. The molecule has 0 aliphatic rings. The molecule has 0 saturated heterocycles. The minimum absolute atomic E-state index is 0. The lowest BCUT2D eigenvalue weighted by Gasteiger charge is -1.77. The van der Waals surface area contributed by atoms with Crippen LogP contribution in [0.4, 0.5) is 0 Å². The lowest BCUT2D eigenvalue weighted by molar-refractivity contribution is -0.131. The molecule has 0 bridgehead atoms. The maximum absolute atomic E-state index is 9.55. The summed E-state index contributed by atoms with van der Waals surface area (Å²) in [5.74, 6) is -1.02. The highest BCUT2D eigenvalue weighted by Crippen LogP contribution is 1.97. The molecule has 0 fully saturated rings. The van der Waals surface area contributed by atoms with Crippen molar-refractivity contribution in [3.8, 4) is 0 Å². The van der Waals surface area contributed by atoms with Crippen LogP contribution in [0.2, 0.25) is 0 Å². The highest BCUT2D eigenvalue weighted by molar-refractivity contribution is 9.12. The second kappa shape index (κ2) is 4.33. The predicted octanol–water partition coefficient (Wildman–Crippen LogP) is 1.56. The zero-order valence-electron chi connectivity index (χ0n) is 3.35. The van der Waals surface area contributed by atoms with Gasteiger partial charge in [-0.25, -0.2) is 4.79 Å². The molecule has 0 heterocycles. The minimum Gasteiger partial charge on any atom is -0.477 e. The van der Waals surface area contributed by atoms with Gasteiger partial charge in [0.25, 0.3) is 0 Å². The number of hydrogen-bond acceptors (Lipinski definition) is 1. The van der Waals surface area contributed by atoms with Crippen molar-refractivity contribution >= 4 is 38.9 Å². The first-order chi connectivity index (χ1) is 2.64. The Bertz CT molecular complexity index is 76.9. The second-order valence-corrected chi connectivity index (χ2v) is 1.67. The molecule has 0 aromatic rings. The topological polar surface area (TPSA) is 37.3 Å². The van der Waals surface area contributed by atoms with Gasteiger partial charge in [0, 0.05) is 0 Å². The van der Waals surface area contributed by atoms with E-state index in [-0.39, 0.29) is 21.5 Å². The summed E-state index contributed by atoms with van der Waals surface area (Å²) in [6.45, 7) is 3.07. The third-order valence-corrected chi connectivity index (χ3v) is 0.571. The van der Waals surface area contributed by atoms with E-state index in [0.29, 0.717) is 0 Å². The maximum Gasteiger partial charge on any atom is 0.342 e. The molecule has 0 unspecified atom stereocenters. The molecule has 0 atom stereocenters. The van der Waals surface area contributed by atoms with Gasteiger partial charge in [-0.05, 0) is 15.9 Å². The summed E-state index contributed by atoms with van der Waals surface area (Å²) in [6.07, 6.45) is 0. The summed E-state index contributed by atoms with van der Waals surface area (Å²) in [5.41, 5.74) is 0. The predicted molar refractivity (Wildman–Crippen MR) is 36.0 cm³/mol. The summed E-state index contributed by atoms with van der Waals surface area (Å²) in [5, 5.41) is 7.84. The largest absolute Gasteiger partial charge is 0.477 e. The van der Waals surface area contributed by atoms with Gasteiger partial charge in [-0.2, -0.15) is 0 Å². The Morgan fingerprint density at radius 2 is 1.86 bits per heavy atom. The Labute approximate surface area is 60.1 Å². The molecule has 0 aliphatic heterocycles. The van der Waals surface area contributed by atoms with E-state index < -0.39 is 5.97 Å². The van der Waals surface area contributed by atoms with Gasteiger partial charge in [0.1, 0.15) is 0 Å². The molecule has 0 aromatic heterocycles. The van der Waals surface area contributed by atoms with Crippen LogP contribution in [0.25, 0.3) is 0 Å². The van der Waals surface area contributed by atoms with E-state index in [4.69, 9.17) is 5.11 Å². The number of carbonyl (C=O) groups is 1. The molecule has 0 radical (unpaired) electrons. The van der Waals surface area contributed by atoms with Crippen LogP contribution in [-0.4, -0.2) is 11.1 Å². The second-order valence-electron chi connectivity index (χ2n) is 0.710. The Morgan fingerprint density at radius 1 is 1.71 bits per heavy atom. The Hall–Kier alpha value is 0.170. The van der Waals surface area contributed by atoms with Gasteiger partial charge in [0.15, 0.2) is 0 Å². The fourth-order valence-corrected chi connectivity index (χ4v) is 0. The molecule has 2 nitrogen and oxygen atoms in total. The molecule has 1 N–H and O–H groups in total. The quantitative estimate of drug-likeness (QED) is 0.696. The number of rotatable bonds is 1. The van der Waals surface area contributed by atoms with Crippen molar-refractivity contribution in [2.45, 2.75) is 0 Å². The van der Waals surface area contributed by atoms with Crippen LogP contribution >= 0.6 is 32.9 Å². The fraction of sp³-hybridized carbons (Fsp3) is 0. The summed E-state index contributed by atoms with van der Waals surface area (Å²) in [6, 6.07) is 0. The van der Waals surface area contributed by atoms with Crippen molar-refractivity contribution in [3.05, 3.63) is 11.1 Å². The van der Waals surface area contributed by atoms with E-state index >= 15 is 0 Å². The van der Waals surface area contributed by atoms with Gasteiger partial charge in [-0.3, -0.25) is 0 Å². The average Bonchev–Trinajstić information content (AvgIpc) is 1.36. The summed E-state index contributed by atoms with van der Waals surface area (Å²) in [4.78, 5) is 9.55. The standard InChI is InChI=1S/C3H3BrO2.BrH/c1-2(4)3(5)6;/h1H2,(H,5,6);1H. The third-order valence-electron chi connectivity index (χ3n) is 0.232. The van der Waals surface area contributed by atoms with Crippen molar-refractivity contribution in [1.29, 1.82) is 0 Å². The Balaban J connectivity index is 0. The summed E-state index contributed by atoms with van der Waals surface area (Å²) < 4.78 is -0.0116. The third kappa shape index (κ3) is 6.17. The smallest absolute Gasteiger partial charge is 0.342 e. The SMILES string of the molecule is Br.C=C(Br)C(=O)O. The molecule has 0 aliphatic carbocycles. The normalized spacial score (nSPS) is 6.43. The first-order valence-corrected chi connectivity index (χ1v) is 2.01. The zero-order valence-corrected chi connectivity index (χ0v) is 6.65. The first kappa shape index (κ1) is 10.2. The highest BCUT2D eigenvalue weighted by Gasteiger charge is 1.93. The molecule has 42 valence electrons. The molecule has 0 saturated carbocycles. The van der Waals surface area contributed by atoms with Gasteiger partial charge in [0.05, 0.1) is 4.48 Å². The number of aliphatic carboxylic acids is 1. The molecule has 0 aromatic carbocycles. The number of hydrogen-bond donors (Lipinski definition) is 1. The van der Waals surface area contributed by atoms with E-state index in [0.717, 1.165) is 0 Å². The number of carboxylic acids is 1. The van der Waals surface area contributed by atoms with E-state index in [1.165, 1.54) is 0 Å². The van der Waals surface area contributed by atoms with Crippen molar-refractivity contribution in [3.63, 3.8) is 0 Å². The molecule has 7 heavy (non-hydrogen) atoms. The van der Waals surface area contributed by atoms with Crippen molar-refractivity contribution < 1.29 is 9.90 Å². The lowest BCUT2D eigenvalue weighted by Crippen LogP contribution is -1.89. The zero-order chi connectivity index (χ0) is 5.15. The van der Waals surface area contributed by atoms with Gasteiger partial charge >= 0.3 is 5.97 Å². The molecule has 0 amide bonds. The maximum atomic E-state index is 9.55. The van der Waals surface area contributed by atoms with Crippen LogP contribution < -0.4 is 0 Å². The lowest BCUT2D eigenvalue weighted by atomic mass is 10.7. The Kier molecular flexibility index (Phi) is 6.32. The molecule has 0 rings (SSSR count). The van der Waals surface area contributed by atoms with Crippen molar-refractivity contribution in [1.82, 2.24) is 0 Å². The molecule has 0 spiro atoms.